The van der Waals surface area contributed by atoms with Gasteiger partial charge in [0, 0.05) is 30.1 Å². The van der Waals surface area contributed by atoms with Crippen molar-refractivity contribution in [2.45, 2.75) is 26.8 Å². The van der Waals surface area contributed by atoms with Gasteiger partial charge in [0.05, 0.1) is 34.9 Å². The molecule has 1 aliphatic rings. The van der Waals surface area contributed by atoms with Crippen molar-refractivity contribution in [1.29, 1.82) is 5.26 Å². The highest BCUT2D eigenvalue weighted by Crippen LogP contribution is 2.30. The van der Waals surface area contributed by atoms with Crippen LogP contribution < -0.4 is 10.2 Å². The maximum absolute atomic E-state index is 11.8. The Balaban J connectivity index is 1.69. The Bertz CT molecular complexity index is 1290. The van der Waals surface area contributed by atoms with Crippen LogP contribution in [-0.4, -0.2) is 48.2 Å². The normalized spacial score (nSPS) is 16.6. The van der Waals surface area contributed by atoms with E-state index in [2.05, 4.69) is 26.6 Å². The van der Waals surface area contributed by atoms with Crippen molar-refractivity contribution in [1.82, 2.24) is 15.2 Å². The van der Waals surface area contributed by atoms with Gasteiger partial charge in [-0.15, -0.1) is 5.10 Å². The summed E-state index contributed by atoms with van der Waals surface area (Å²) in [7, 11) is -2.96. The third kappa shape index (κ3) is 4.16. The molecule has 1 N–H and O–H groups in total. The predicted molar refractivity (Wildman–Crippen MR) is 121 cm³/mol. The molecule has 0 unspecified atom stereocenters. The van der Waals surface area contributed by atoms with Gasteiger partial charge in [-0.05, 0) is 44.0 Å². The first-order valence-corrected chi connectivity index (χ1v) is 12.0. The summed E-state index contributed by atoms with van der Waals surface area (Å²) in [6, 6.07) is 9.77. The number of nitrogens with zero attached hydrogens (tertiary/aromatic N) is 5. The van der Waals surface area contributed by atoms with Crippen molar-refractivity contribution in [3.63, 3.8) is 0 Å². The number of pyridine rings is 1. The lowest BCUT2D eigenvalue weighted by Crippen LogP contribution is -2.40. The summed E-state index contributed by atoms with van der Waals surface area (Å²) in [6.45, 7) is 6.71. The average molecular weight is 437 g/mol. The quantitative estimate of drug-likeness (QED) is 0.664. The maximum atomic E-state index is 11.8. The fraction of sp³-hybridized carbons (Fsp3) is 0.364. The minimum Gasteiger partial charge on any atom is -0.362 e. The molecule has 0 amide bonds. The Morgan fingerprint density at radius 1 is 1.16 bits per heavy atom. The summed E-state index contributed by atoms with van der Waals surface area (Å²) in [5, 5.41) is 23.2. The first-order chi connectivity index (χ1) is 14.8. The molecule has 0 bridgehead atoms. The minimum atomic E-state index is -2.96. The Labute approximate surface area is 181 Å². The van der Waals surface area contributed by atoms with Crippen LogP contribution in [0, 0.1) is 25.2 Å². The van der Waals surface area contributed by atoms with Crippen molar-refractivity contribution in [2.75, 3.05) is 34.8 Å². The third-order valence-electron chi connectivity index (χ3n) is 5.82. The molecule has 1 saturated heterocycles. The Morgan fingerprint density at radius 3 is 2.61 bits per heavy atom. The van der Waals surface area contributed by atoms with Gasteiger partial charge in [0.25, 0.3) is 0 Å². The molecule has 4 rings (SSSR count). The number of fused-ring (bicyclic) bond motifs is 1. The molecule has 8 nitrogen and oxygen atoms in total. The second-order valence-electron chi connectivity index (χ2n) is 7.86. The van der Waals surface area contributed by atoms with E-state index >= 15 is 0 Å². The molecular weight excluding hydrogens is 412 g/mol. The summed E-state index contributed by atoms with van der Waals surface area (Å²) in [5.74, 6) is 1.63. The standard InChI is InChI=1S/C22H24N6O2S/c1-14-17(12-23)5-4-6-18(14)15(2)25-22-19-11-21(24-13-20(19)16(3)26-27-22)28-7-9-31(29,30)10-8-28/h4-6,11,13,15H,7-10H2,1-3H3,(H,25,27)/t15-/m1/s1. The molecule has 0 saturated carbocycles. The number of nitrogens with one attached hydrogen (secondary N) is 1. The molecule has 1 atom stereocenters. The lowest BCUT2D eigenvalue weighted by Gasteiger charge is -2.28. The summed E-state index contributed by atoms with van der Waals surface area (Å²) in [6.07, 6.45) is 1.77. The molecule has 1 fully saturated rings. The molecule has 0 aliphatic carbocycles. The topological polar surface area (TPSA) is 112 Å². The van der Waals surface area contributed by atoms with Crippen LogP contribution in [0.5, 0.6) is 0 Å². The summed E-state index contributed by atoms with van der Waals surface area (Å²) < 4.78 is 23.5. The minimum absolute atomic E-state index is 0.0924. The van der Waals surface area contributed by atoms with Crippen LogP contribution in [0.4, 0.5) is 11.6 Å². The van der Waals surface area contributed by atoms with Crippen LogP contribution in [-0.2, 0) is 9.84 Å². The van der Waals surface area contributed by atoms with E-state index in [1.165, 1.54) is 0 Å². The van der Waals surface area contributed by atoms with Gasteiger partial charge in [0.1, 0.15) is 5.82 Å². The van der Waals surface area contributed by atoms with Gasteiger partial charge in [-0.3, -0.25) is 0 Å². The summed E-state index contributed by atoms with van der Waals surface area (Å²) in [5.41, 5.74) is 3.38. The van der Waals surface area contributed by atoms with Gasteiger partial charge in [-0.2, -0.15) is 10.4 Å². The van der Waals surface area contributed by atoms with E-state index < -0.39 is 9.84 Å². The van der Waals surface area contributed by atoms with Crippen LogP contribution in [0.1, 0.15) is 35.3 Å². The molecule has 0 spiro atoms. The molecule has 0 radical (unpaired) electrons. The van der Waals surface area contributed by atoms with E-state index in [0.717, 1.165) is 33.4 Å². The smallest absolute Gasteiger partial charge is 0.157 e. The van der Waals surface area contributed by atoms with Gasteiger partial charge < -0.3 is 10.2 Å². The molecule has 31 heavy (non-hydrogen) atoms. The van der Waals surface area contributed by atoms with Gasteiger partial charge in [0.2, 0.25) is 0 Å². The molecule has 3 aromatic rings. The number of aryl methyl sites for hydroxylation is 1. The van der Waals surface area contributed by atoms with Crippen molar-refractivity contribution < 1.29 is 8.42 Å². The molecule has 1 aliphatic heterocycles. The maximum Gasteiger partial charge on any atom is 0.157 e. The fourth-order valence-corrected chi connectivity index (χ4v) is 5.11. The van der Waals surface area contributed by atoms with Crippen molar-refractivity contribution in [3.05, 3.63) is 52.8 Å². The van der Waals surface area contributed by atoms with E-state index in [4.69, 9.17) is 0 Å². The van der Waals surface area contributed by atoms with E-state index in [1.807, 2.05) is 49.9 Å². The molecule has 160 valence electrons. The predicted octanol–water partition coefficient (Wildman–Crippen LogP) is 2.92. The Morgan fingerprint density at radius 2 is 1.90 bits per heavy atom. The second-order valence-corrected chi connectivity index (χ2v) is 10.2. The Kier molecular flexibility index (Phi) is 5.50. The highest BCUT2D eigenvalue weighted by Gasteiger charge is 2.23. The molecule has 2 aromatic heterocycles. The first kappa shape index (κ1) is 21.0. The lowest BCUT2D eigenvalue weighted by molar-refractivity contribution is 0.586. The van der Waals surface area contributed by atoms with Gasteiger partial charge in [0.15, 0.2) is 15.7 Å². The van der Waals surface area contributed by atoms with Crippen LogP contribution in [0.2, 0.25) is 0 Å². The summed E-state index contributed by atoms with van der Waals surface area (Å²) in [4.78, 5) is 6.54. The van der Waals surface area contributed by atoms with E-state index in [0.29, 0.717) is 24.5 Å². The molecule has 3 heterocycles. The zero-order chi connectivity index (χ0) is 22.2. The van der Waals surface area contributed by atoms with E-state index in [-0.39, 0.29) is 17.5 Å². The number of benzene rings is 1. The highest BCUT2D eigenvalue weighted by atomic mass is 32.2. The van der Waals surface area contributed by atoms with Crippen molar-refractivity contribution in [3.8, 4) is 6.07 Å². The summed E-state index contributed by atoms with van der Waals surface area (Å²) >= 11 is 0. The largest absolute Gasteiger partial charge is 0.362 e. The van der Waals surface area contributed by atoms with Gasteiger partial charge in [-0.25, -0.2) is 13.4 Å². The zero-order valence-corrected chi connectivity index (χ0v) is 18.6. The molecular formula is C22H24N6O2S. The molecule has 1 aromatic carbocycles. The monoisotopic (exact) mass is 436 g/mol. The van der Waals surface area contributed by atoms with Gasteiger partial charge >= 0.3 is 0 Å². The number of sulfone groups is 1. The van der Waals surface area contributed by atoms with Crippen molar-refractivity contribution >= 4 is 32.2 Å². The van der Waals surface area contributed by atoms with Crippen LogP contribution >= 0.6 is 0 Å². The fourth-order valence-electron chi connectivity index (χ4n) is 3.91. The lowest BCUT2D eigenvalue weighted by atomic mass is 9.98. The number of rotatable bonds is 4. The van der Waals surface area contributed by atoms with Gasteiger partial charge in [-0.1, -0.05) is 12.1 Å². The number of anilines is 2. The second kappa shape index (κ2) is 8.12. The van der Waals surface area contributed by atoms with Crippen molar-refractivity contribution in [2.24, 2.45) is 0 Å². The number of aromatic nitrogens is 3. The zero-order valence-electron chi connectivity index (χ0n) is 17.8. The van der Waals surface area contributed by atoms with E-state index in [9.17, 15) is 13.7 Å². The van der Waals surface area contributed by atoms with Crippen LogP contribution in [0.25, 0.3) is 10.8 Å². The molecule has 9 heteroatoms. The first-order valence-electron chi connectivity index (χ1n) is 10.1. The van der Waals surface area contributed by atoms with Crippen LogP contribution in [0.15, 0.2) is 30.5 Å². The average Bonchev–Trinajstić information content (AvgIpc) is 2.75. The Hall–Kier alpha value is -3.25. The number of nitriles is 1. The highest BCUT2D eigenvalue weighted by molar-refractivity contribution is 7.91. The van der Waals surface area contributed by atoms with Crippen LogP contribution in [0.3, 0.4) is 0 Å². The SMILES string of the molecule is Cc1c(C#N)cccc1[C@@H](C)Nc1nnc(C)c2cnc(N3CCS(=O)(=O)CC3)cc12. The number of hydrogen-bond donors (Lipinski definition) is 1. The third-order valence-corrected chi connectivity index (χ3v) is 7.43. The number of hydrogen-bond acceptors (Lipinski definition) is 8. The van der Waals surface area contributed by atoms with E-state index in [1.54, 1.807) is 6.20 Å².